The van der Waals surface area contributed by atoms with Crippen molar-refractivity contribution in [3.05, 3.63) is 102 Å². The van der Waals surface area contributed by atoms with Gasteiger partial charge < -0.3 is 49.3 Å². The van der Waals surface area contributed by atoms with Gasteiger partial charge >= 0.3 is 12.2 Å². The first kappa shape index (κ1) is 44.3. The number of hydrogen-bond acceptors (Lipinski definition) is 10. The molecule has 5 heterocycles. The van der Waals surface area contributed by atoms with Gasteiger partial charge in [0.1, 0.15) is 36.1 Å². The molecule has 2 aromatic heterocycles. The van der Waals surface area contributed by atoms with E-state index >= 15 is 0 Å². The van der Waals surface area contributed by atoms with Gasteiger partial charge in [-0.25, -0.2) is 19.6 Å². The number of nitrogens with one attached hydrogen (secondary N) is 4. The largest absolute Gasteiger partial charge is 0.488 e. The van der Waals surface area contributed by atoms with E-state index in [0.717, 1.165) is 61.9 Å². The number of alkyl carbamates (subject to hydrolysis) is 2. The van der Waals surface area contributed by atoms with Crippen LogP contribution in [-0.4, -0.2) is 101 Å². The molecule has 0 bridgehead atoms. The molecule has 2 fully saturated rings. The lowest BCUT2D eigenvalue weighted by atomic mass is 9.92. The van der Waals surface area contributed by atoms with Crippen LogP contribution < -0.4 is 15.4 Å². The zero-order valence-electron chi connectivity index (χ0n) is 38.1. The molecule has 3 unspecified atom stereocenters. The van der Waals surface area contributed by atoms with E-state index in [-0.39, 0.29) is 35.6 Å². The average Bonchev–Trinajstić information content (AvgIpc) is 4.17. The van der Waals surface area contributed by atoms with Crippen LogP contribution in [0.3, 0.4) is 0 Å². The highest BCUT2D eigenvalue weighted by molar-refractivity contribution is 6.07. The molecule has 4 aromatic carbocycles. The summed E-state index contributed by atoms with van der Waals surface area (Å²) in [6, 6.07) is 21.4. The predicted molar refractivity (Wildman–Crippen MR) is 247 cm³/mol. The molecule has 0 radical (unpaired) electrons. The summed E-state index contributed by atoms with van der Waals surface area (Å²) in [6.07, 6.45) is 2.58. The summed E-state index contributed by atoms with van der Waals surface area (Å²) in [5.74, 6) is 1.94. The van der Waals surface area contributed by atoms with Crippen LogP contribution in [0.25, 0.3) is 44.2 Å². The van der Waals surface area contributed by atoms with Crippen LogP contribution in [0, 0.1) is 17.8 Å². The van der Waals surface area contributed by atoms with E-state index in [1.54, 1.807) is 12.0 Å². The maximum atomic E-state index is 14.4. The highest BCUT2D eigenvalue weighted by Gasteiger charge is 2.43. The Morgan fingerprint density at radius 1 is 0.848 bits per heavy atom. The third-order valence-electron chi connectivity index (χ3n) is 13.5. The standard InChI is InChI=1S/C50H56N8O8/c1-7-28(3)42(55-49(61)64-5)47(59)57-23-27(2)17-39(57)45-51-22-38(53-45)32-13-15-34-33(19-32)26-66-41-21-35-31(20-36(34)41)14-16-37-44(35)54-46(52-37)40-18-29(25-63-4)24-58(40)48(60)43(56-50(62)65-6)30-11-9-8-10-12-30/h8-16,19-22,27-29,39-40,42-43H,7,17-18,23-26H2,1-6H3,(H,51,53)(H,52,54)(H,55,61)(H,56,62)/t27-,28?,29-,39?,40-,42?,43+/m0/s1. The molecule has 4 amide bonds. The monoisotopic (exact) mass is 896 g/mol. The molecule has 344 valence electrons. The number of ether oxygens (including phenoxy) is 4. The summed E-state index contributed by atoms with van der Waals surface area (Å²) in [5, 5.41) is 7.43. The van der Waals surface area contributed by atoms with Crippen LogP contribution in [-0.2, 0) is 30.4 Å². The zero-order valence-corrected chi connectivity index (χ0v) is 38.1. The Kier molecular flexibility index (Phi) is 12.4. The number of nitrogens with zero attached hydrogens (tertiary/aromatic N) is 4. The molecule has 16 nitrogen and oxygen atoms in total. The quantitative estimate of drug-likeness (QED) is 0.0936. The topological polar surface area (TPSA) is 193 Å². The second-order valence-corrected chi connectivity index (χ2v) is 17.9. The van der Waals surface area contributed by atoms with E-state index < -0.39 is 30.3 Å². The first-order chi connectivity index (χ1) is 32.0. The summed E-state index contributed by atoms with van der Waals surface area (Å²) >= 11 is 0. The molecule has 3 aliphatic heterocycles. The number of imidazole rings is 2. The number of amides is 4. The van der Waals surface area contributed by atoms with Crippen molar-refractivity contribution in [2.75, 3.05) is 41.0 Å². The molecule has 7 atom stereocenters. The molecular weight excluding hydrogens is 841 g/mol. The van der Waals surface area contributed by atoms with Crippen molar-refractivity contribution in [2.24, 2.45) is 17.8 Å². The average molecular weight is 897 g/mol. The van der Waals surface area contributed by atoms with Crippen molar-refractivity contribution in [1.29, 1.82) is 0 Å². The van der Waals surface area contributed by atoms with Crippen LogP contribution in [0.4, 0.5) is 9.59 Å². The Hall–Kier alpha value is -6.94. The Labute approximate surface area is 382 Å². The second kappa shape index (κ2) is 18.5. The number of aromatic nitrogens is 4. The number of rotatable bonds is 12. The number of carbonyl (C=O) groups is 4. The first-order valence-corrected chi connectivity index (χ1v) is 22.6. The third-order valence-corrected chi connectivity index (χ3v) is 13.5. The van der Waals surface area contributed by atoms with Gasteiger partial charge in [-0.05, 0) is 76.6 Å². The highest BCUT2D eigenvalue weighted by atomic mass is 16.5. The molecular formula is C50H56N8O8. The number of aromatic amines is 2. The van der Waals surface area contributed by atoms with Gasteiger partial charge in [-0.3, -0.25) is 9.59 Å². The van der Waals surface area contributed by atoms with Crippen molar-refractivity contribution in [2.45, 2.75) is 70.8 Å². The lowest BCUT2D eigenvalue weighted by Gasteiger charge is -2.30. The Bertz CT molecular complexity index is 2790. The summed E-state index contributed by atoms with van der Waals surface area (Å²) < 4.78 is 21.8. The van der Waals surface area contributed by atoms with Crippen molar-refractivity contribution < 1.29 is 38.1 Å². The van der Waals surface area contributed by atoms with Crippen LogP contribution >= 0.6 is 0 Å². The number of fused-ring (bicyclic) bond motifs is 6. The smallest absolute Gasteiger partial charge is 0.407 e. The fourth-order valence-corrected chi connectivity index (χ4v) is 9.94. The Morgan fingerprint density at radius 2 is 1.61 bits per heavy atom. The van der Waals surface area contributed by atoms with Gasteiger partial charge in [0, 0.05) is 37.1 Å². The first-order valence-electron chi connectivity index (χ1n) is 22.6. The van der Waals surface area contributed by atoms with Gasteiger partial charge in [0.25, 0.3) is 5.91 Å². The molecule has 16 heteroatoms. The van der Waals surface area contributed by atoms with Gasteiger partial charge in [-0.15, -0.1) is 0 Å². The minimum absolute atomic E-state index is 0.0579. The molecule has 66 heavy (non-hydrogen) atoms. The molecule has 0 saturated carbocycles. The maximum absolute atomic E-state index is 14.4. The normalized spacial score (nSPS) is 20.3. The van der Waals surface area contributed by atoms with E-state index in [2.05, 4.69) is 63.9 Å². The third kappa shape index (κ3) is 8.41. The number of methoxy groups -OCH3 is 3. The van der Waals surface area contributed by atoms with Gasteiger partial charge in [-0.1, -0.05) is 75.7 Å². The molecule has 3 aliphatic rings. The second-order valence-electron chi connectivity index (χ2n) is 17.9. The van der Waals surface area contributed by atoms with Crippen LogP contribution in [0.15, 0.2) is 79.0 Å². The van der Waals surface area contributed by atoms with Crippen molar-refractivity contribution in [1.82, 2.24) is 40.4 Å². The number of likely N-dealkylation sites (tertiary alicyclic amines) is 2. The Balaban J connectivity index is 0.979. The van der Waals surface area contributed by atoms with Gasteiger partial charge in [0.05, 0.1) is 55.8 Å². The molecule has 0 spiro atoms. The summed E-state index contributed by atoms with van der Waals surface area (Å²) in [6.45, 7) is 7.91. The number of carbonyl (C=O) groups excluding carboxylic acids is 4. The summed E-state index contributed by atoms with van der Waals surface area (Å²) in [5.41, 5.74) is 7.10. The van der Waals surface area contributed by atoms with Crippen LogP contribution in [0.1, 0.15) is 80.9 Å². The van der Waals surface area contributed by atoms with Crippen molar-refractivity contribution in [3.63, 3.8) is 0 Å². The van der Waals surface area contributed by atoms with E-state index in [1.165, 1.54) is 14.2 Å². The highest BCUT2D eigenvalue weighted by Crippen LogP contribution is 2.44. The van der Waals surface area contributed by atoms with E-state index in [4.69, 9.17) is 28.9 Å². The van der Waals surface area contributed by atoms with E-state index in [0.29, 0.717) is 56.4 Å². The fraction of sp³-hybridized carbons (Fsp3) is 0.400. The summed E-state index contributed by atoms with van der Waals surface area (Å²) in [7, 11) is 4.23. The van der Waals surface area contributed by atoms with Crippen LogP contribution in [0.2, 0.25) is 0 Å². The zero-order chi connectivity index (χ0) is 46.2. The minimum atomic E-state index is -0.956. The van der Waals surface area contributed by atoms with Crippen molar-refractivity contribution >= 4 is 45.8 Å². The molecule has 9 rings (SSSR count). The maximum Gasteiger partial charge on any atom is 0.407 e. The van der Waals surface area contributed by atoms with Gasteiger partial charge in [0.2, 0.25) is 5.91 Å². The van der Waals surface area contributed by atoms with E-state index in [1.807, 2.05) is 61.3 Å². The van der Waals surface area contributed by atoms with Crippen molar-refractivity contribution in [3.8, 4) is 28.1 Å². The molecule has 2 saturated heterocycles. The predicted octanol–water partition coefficient (Wildman–Crippen LogP) is 7.98. The van der Waals surface area contributed by atoms with E-state index in [9.17, 15) is 19.2 Å². The van der Waals surface area contributed by atoms with Gasteiger partial charge in [-0.2, -0.15) is 0 Å². The molecule has 0 aliphatic carbocycles. The molecule has 4 N–H and O–H groups in total. The fourth-order valence-electron chi connectivity index (χ4n) is 9.94. The SMILES string of the molecule is CCC(C)C(NC(=O)OC)C(=O)N1C[C@@H](C)CC1c1ncc(-c2ccc3c(c2)COc2cc4c(ccc5[nH]c([C@@H]6C[C@H](COC)CN6C(=O)[C@H](NC(=O)OC)c6ccccc6)nc54)cc2-3)[nH]1. The number of benzene rings is 4. The number of H-pyrrole nitrogens is 2. The lowest BCUT2D eigenvalue weighted by Crippen LogP contribution is -2.51. The molecule has 6 aromatic rings. The van der Waals surface area contributed by atoms with Gasteiger partial charge in [0.15, 0.2) is 0 Å². The Morgan fingerprint density at radius 3 is 2.36 bits per heavy atom. The minimum Gasteiger partial charge on any atom is -0.488 e. The lowest BCUT2D eigenvalue weighted by molar-refractivity contribution is -0.136. The van der Waals surface area contributed by atoms with Crippen LogP contribution in [0.5, 0.6) is 5.75 Å². The summed E-state index contributed by atoms with van der Waals surface area (Å²) in [4.78, 5) is 73.8. The number of hydrogen-bond donors (Lipinski definition) is 4.